The average Bonchev–Trinajstić information content (AvgIpc) is 3.58. The van der Waals surface area contributed by atoms with E-state index < -0.39 is 0 Å². The first-order valence-electron chi connectivity index (χ1n) is 12.0. The third-order valence-corrected chi connectivity index (χ3v) is 11.1. The first kappa shape index (κ1) is 21.4. The van der Waals surface area contributed by atoms with E-state index in [0.717, 1.165) is 22.0 Å². The molecule has 2 aromatic carbocycles. The van der Waals surface area contributed by atoms with Crippen molar-refractivity contribution < 1.29 is 9.59 Å². The van der Waals surface area contributed by atoms with Gasteiger partial charge in [-0.25, -0.2) is 0 Å². The molecule has 1 saturated heterocycles. The molecule has 6 nitrogen and oxygen atoms in total. The molecule has 178 valence electrons. The smallest absolute Gasteiger partial charge is 0.305 e. The van der Waals surface area contributed by atoms with Crippen molar-refractivity contribution in [1.82, 2.24) is 4.98 Å². The number of thioether (sulfide) groups is 1. The van der Waals surface area contributed by atoms with Crippen LogP contribution in [0.3, 0.4) is 0 Å². The molecule has 2 saturated carbocycles. The minimum atomic E-state index is -0.268. The molecule has 2 bridgehead atoms. The molecule has 2 aliphatic carbocycles. The molecule has 3 heterocycles. The van der Waals surface area contributed by atoms with Gasteiger partial charge in [0.25, 0.3) is 0 Å². The van der Waals surface area contributed by atoms with Crippen LogP contribution in [0.5, 0.6) is 0 Å². The Morgan fingerprint density at radius 3 is 2.29 bits per heavy atom. The number of hydrogen-bond donors (Lipinski definition) is 1. The highest BCUT2D eigenvalue weighted by Gasteiger charge is 2.69. The fourth-order valence-electron chi connectivity index (χ4n) is 7.20. The molecule has 2 aliphatic heterocycles. The SMILES string of the molecule is CN(C)c1ccc([C@H]2c3sc(=O)[nH]c3S[C@@H]3[C@@H]4C[C@@H]([C@@H]5C(=O)N(c6ccccc6)C(=O)[C@H]45)[C@H]23)cc1. The standard InChI is InChI=1S/C27H25N3O3S2/c1-29(2)14-10-8-13(9-11-14)18-19-16-12-17(22(19)34-24-23(18)35-27(33)28-24)21-20(16)25(31)30(26(21)32)15-6-4-3-5-7-15/h3-11,16-22H,12H2,1-2H3,(H,28,33)/t16-,17-,18-,19-,20+,21-,22-/m1/s1. The molecular weight excluding hydrogens is 478 g/mol. The lowest BCUT2D eigenvalue weighted by Crippen LogP contribution is -2.42. The average molecular weight is 504 g/mol. The van der Waals surface area contributed by atoms with E-state index in [-0.39, 0.29) is 57.4 Å². The lowest BCUT2D eigenvalue weighted by atomic mass is 9.68. The molecule has 2 amide bonds. The van der Waals surface area contributed by atoms with Gasteiger partial charge in [-0.05, 0) is 54.0 Å². The molecular formula is C27H25N3O3S2. The number of nitrogens with zero attached hydrogens (tertiary/aromatic N) is 2. The molecule has 0 spiro atoms. The van der Waals surface area contributed by atoms with E-state index in [1.807, 2.05) is 44.4 Å². The highest BCUT2D eigenvalue weighted by atomic mass is 32.2. The Morgan fingerprint density at radius 2 is 1.60 bits per heavy atom. The van der Waals surface area contributed by atoms with Crippen molar-refractivity contribution in [3.63, 3.8) is 0 Å². The van der Waals surface area contributed by atoms with E-state index in [2.05, 4.69) is 34.1 Å². The number of H-pyrrole nitrogens is 1. The maximum atomic E-state index is 13.7. The number of aromatic nitrogens is 1. The zero-order valence-corrected chi connectivity index (χ0v) is 21.0. The van der Waals surface area contributed by atoms with Gasteiger partial charge < -0.3 is 9.88 Å². The molecule has 35 heavy (non-hydrogen) atoms. The molecule has 1 aromatic heterocycles. The zero-order chi connectivity index (χ0) is 24.0. The number of fused-ring (bicyclic) bond motifs is 9. The number of carbonyl (C=O) groups is 2. The minimum Gasteiger partial charge on any atom is -0.378 e. The molecule has 7 rings (SSSR count). The first-order valence-corrected chi connectivity index (χ1v) is 13.7. The lowest BCUT2D eigenvalue weighted by molar-refractivity contribution is -0.123. The molecule has 3 aromatic rings. The summed E-state index contributed by atoms with van der Waals surface area (Å²) in [7, 11) is 4.05. The molecule has 0 radical (unpaired) electrons. The number of thiazole rings is 1. The second-order valence-corrected chi connectivity index (χ2v) is 12.5. The summed E-state index contributed by atoms with van der Waals surface area (Å²) in [5, 5.41) is 1.16. The quantitative estimate of drug-likeness (QED) is 0.543. The second kappa shape index (κ2) is 7.58. The molecule has 8 heteroatoms. The van der Waals surface area contributed by atoms with Gasteiger partial charge >= 0.3 is 4.87 Å². The number of para-hydroxylation sites is 1. The highest BCUT2D eigenvalue weighted by Crippen LogP contribution is 2.68. The van der Waals surface area contributed by atoms with Crippen molar-refractivity contribution in [2.24, 2.45) is 29.6 Å². The van der Waals surface area contributed by atoms with Crippen molar-refractivity contribution in [3.8, 4) is 0 Å². The van der Waals surface area contributed by atoms with Crippen molar-refractivity contribution >= 4 is 46.3 Å². The third-order valence-electron chi connectivity index (χ3n) is 8.51. The van der Waals surface area contributed by atoms with Crippen molar-refractivity contribution in [2.75, 3.05) is 23.9 Å². The summed E-state index contributed by atoms with van der Waals surface area (Å²) in [5.74, 6) is -0.0580. The van der Waals surface area contributed by atoms with Crippen molar-refractivity contribution in [3.05, 3.63) is 74.7 Å². The number of anilines is 2. The van der Waals surface area contributed by atoms with Gasteiger partial charge in [0, 0.05) is 35.8 Å². The predicted molar refractivity (Wildman–Crippen MR) is 138 cm³/mol. The maximum absolute atomic E-state index is 13.7. The van der Waals surface area contributed by atoms with Crippen LogP contribution in [0.25, 0.3) is 0 Å². The number of amides is 2. The van der Waals surface area contributed by atoms with Crippen LogP contribution in [0.1, 0.15) is 22.8 Å². The number of benzene rings is 2. The number of rotatable bonds is 3. The van der Waals surface area contributed by atoms with Crippen LogP contribution >= 0.6 is 23.1 Å². The summed E-state index contributed by atoms with van der Waals surface area (Å²) in [6.45, 7) is 0. The Hall–Kier alpha value is -2.84. The largest absolute Gasteiger partial charge is 0.378 e. The van der Waals surface area contributed by atoms with Gasteiger partial charge in [0.2, 0.25) is 11.8 Å². The zero-order valence-electron chi connectivity index (χ0n) is 19.4. The number of nitrogens with one attached hydrogen (secondary N) is 1. The van der Waals surface area contributed by atoms with Crippen LogP contribution in [0, 0.1) is 29.6 Å². The van der Waals surface area contributed by atoms with Crippen LogP contribution in [-0.2, 0) is 9.59 Å². The minimum absolute atomic E-state index is 0.0349. The van der Waals surface area contributed by atoms with Crippen LogP contribution in [0.2, 0.25) is 0 Å². The van der Waals surface area contributed by atoms with Crippen LogP contribution in [0.4, 0.5) is 11.4 Å². The summed E-state index contributed by atoms with van der Waals surface area (Å²) in [5.41, 5.74) is 2.98. The Morgan fingerprint density at radius 1 is 0.914 bits per heavy atom. The Balaban J connectivity index is 1.32. The maximum Gasteiger partial charge on any atom is 0.305 e. The Labute approximate surface area is 211 Å². The first-order chi connectivity index (χ1) is 16.9. The summed E-state index contributed by atoms with van der Waals surface area (Å²) in [4.78, 5) is 47.3. The van der Waals surface area contributed by atoms with Gasteiger partial charge in [0.15, 0.2) is 0 Å². The summed E-state index contributed by atoms with van der Waals surface area (Å²) in [6, 6.07) is 17.9. The van der Waals surface area contributed by atoms with Crippen LogP contribution in [0.15, 0.2) is 64.4 Å². The number of aromatic amines is 1. The fraction of sp³-hybridized carbons (Fsp3) is 0.370. The molecule has 4 aliphatic rings. The predicted octanol–water partition coefficient (Wildman–Crippen LogP) is 4.18. The monoisotopic (exact) mass is 503 g/mol. The fourth-order valence-corrected chi connectivity index (χ4v) is 10.1. The molecule has 3 fully saturated rings. The van der Waals surface area contributed by atoms with Crippen LogP contribution in [-0.4, -0.2) is 36.1 Å². The summed E-state index contributed by atoms with van der Waals surface area (Å²) in [6.07, 6.45) is 0.906. The Kier molecular flexibility index (Phi) is 4.64. The van der Waals surface area contributed by atoms with E-state index >= 15 is 0 Å². The summed E-state index contributed by atoms with van der Waals surface area (Å²) >= 11 is 3.03. The van der Waals surface area contributed by atoms with Crippen molar-refractivity contribution in [2.45, 2.75) is 22.6 Å². The normalized spacial score (nSPS) is 32.5. The van der Waals surface area contributed by atoms with Gasteiger partial charge in [0.1, 0.15) is 0 Å². The second-order valence-electron chi connectivity index (χ2n) is 10.3. The lowest BCUT2D eigenvalue weighted by Gasteiger charge is -2.43. The number of hydrogen-bond acceptors (Lipinski definition) is 6. The molecule has 7 atom stereocenters. The van der Waals surface area contributed by atoms with E-state index in [1.54, 1.807) is 11.8 Å². The van der Waals surface area contributed by atoms with E-state index in [0.29, 0.717) is 5.69 Å². The topological polar surface area (TPSA) is 73.5 Å². The van der Waals surface area contributed by atoms with Gasteiger partial charge in [-0.2, -0.15) is 0 Å². The Bertz CT molecular complexity index is 1400. The van der Waals surface area contributed by atoms with Crippen LogP contribution < -0.4 is 14.7 Å². The van der Waals surface area contributed by atoms with E-state index in [4.69, 9.17) is 0 Å². The number of imide groups is 1. The number of carbonyl (C=O) groups excluding carboxylic acids is 2. The van der Waals surface area contributed by atoms with Gasteiger partial charge in [-0.15, -0.1) is 11.8 Å². The van der Waals surface area contributed by atoms with Gasteiger partial charge in [-0.1, -0.05) is 41.7 Å². The molecule has 0 unspecified atom stereocenters. The van der Waals surface area contributed by atoms with Crippen molar-refractivity contribution in [1.29, 1.82) is 0 Å². The molecule has 1 N–H and O–H groups in total. The van der Waals surface area contributed by atoms with E-state index in [9.17, 15) is 14.4 Å². The van der Waals surface area contributed by atoms with Gasteiger partial charge in [-0.3, -0.25) is 19.3 Å². The van der Waals surface area contributed by atoms with Gasteiger partial charge in [0.05, 0.1) is 22.5 Å². The summed E-state index contributed by atoms with van der Waals surface area (Å²) < 4.78 is 0. The highest BCUT2D eigenvalue weighted by molar-refractivity contribution is 8.00. The van der Waals surface area contributed by atoms with E-state index in [1.165, 1.54) is 21.8 Å². The third kappa shape index (κ3) is 2.93.